The van der Waals surface area contributed by atoms with Gasteiger partial charge in [0, 0.05) is 16.5 Å². The van der Waals surface area contributed by atoms with Gasteiger partial charge in [-0.25, -0.2) is 0 Å². The van der Waals surface area contributed by atoms with Crippen molar-refractivity contribution in [2.45, 2.75) is 44.5 Å². The number of hydrogen-bond acceptors (Lipinski definition) is 3. The topological polar surface area (TPSA) is 30.8 Å². The summed E-state index contributed by atoms with van der Waals surface area (Å²) in [5, 5.41) is 3.91. The molecule has 1 heterocycles. The lowest BCUT2D eigenvalue weighted by molar-refractivity contribution is -0.200. The summed E-state index contributed by atoms with van der Waals surface area (Å²) in [6.45, 7) is 5.94. The van der Waals surface area contributed by atoms with Crippen LogP contribution in [0.25, 0.3) is 0 Å². The molecule has 0 spiro atoms. The van der Waals surface area contributed by atoms with Crippen molar-refractivity contribution in [3.63, 3.8) is 0 Å². The van der Waals surface area contributed by atoms with E-state index in [0.717, 1.165) is 15.7 Å². The first-order valence-electron chi connectivity index (χ1n) is 6.17. The van der Waals surface area contributed by atoms with E-state index in [1.54, 1.807) is 0 Å². The Labute approximate surface area is 127 Å². The van der Waals surface area contributed by atoms with Gasteiger partial charge in [-0.15, -0.1) is 11.6 Å². The first-order chi connectivity index (χ1) is 8.85. The van der Waals surface area contributed by atoms with Gasteiger partial charge < -0.3 is 9.57 Å². The number of nitrogens with zero attached hydrogens (tertiary/aromatic N) is 1. The average molecular weight is 347 g/mol. The molecule has 0 amide bonds. The minimum absolute atomic E-state index is 0.206. The van der Waals surface area contributed by atoms with Crippen LogP contribution in [0.2, 0.25) is 0 Å². The van der Waals surface area contributed by atoms with Crippen molar-refractivity contribution in [2.24, 2.45) is 5.16 Å². The van der Waals surface area contributed by atoms with Crippen LogP contribution in [0, 0.1) is 0 Å². The van der Waals surface area contributed by atoms with Crippen molar-refractivity contribution in [3.8, 4) is 0 Å². The Balaban J connectivity index is 2.10. The molecule has 0 aliphatic carbocycles. The van der Waals surface area contributed by atoms with E-state index in [9.17, 15) is 0 Å². The quantitative estimate of drug-likeness (QED) is 0.747. The van der Waals surface area contributed by atoms with Crippen LogP contribution < -0.4 is 0 Å². The smallest absolute Gasteiger partial charge is 0.229 e. The Bertz CT molecular complexity index is 467. The van der Waals surface area contributed by atoms with E-state index in [1.165, 1.54) is 0 Å². The highest BCUT2D eigenvalue weighted by Gasteiger charge is 2.30. The summed E-state index contributed by atoms with van der Waals surface area (Å²) >= 11 is 9.78. The lowest BCUT2D eigenvalue weighted by atomic mass is 10.0. The molecule has 19 heavy (non-hydrogen) atoms. The van der Waals surface area contributed by atoms with Crippen LogP contribution in [0.1, 0.15) is 32.8 Å². The molecule has 1 aliphatic heterocycles. The number of hydrogen-bond donors (Lipinski definition) is 0. The zero-order chi connectivity index (χ0) is 14.0. The minimum Gasteiger partial charge on any atom is -0.363 e. The fraction of sp³-hybridized carbons (Fsp3) is 0.500. The van der Waals surface area contributed by atoms with E-state index in [-0.39, 0.29) is 17.3 Å². The third-order valence-corrected chi connectivity index (χ3v) is 3.50. The summed E-state index contributed by atoms with van der Waals surface area (Å²) in [6.07, 6.45) is 0.204. The zero-order valence-corrected chi connectivity index (χ0v) is 13.5. The molecule has 2 rings (SSSR count). The summed E-state index contributed by atoms with van der Waals surface area (Å²) in [5.41, 5.74) is 1.45. The summed E-state index contributed by atoms with van der Waals surface area (Å²) in [6, 6.07) is 7.84. The first kappa shape index (κ1) is 14.8. The van der Waals surface area contributed by atoms with Crippen LogP contribution in [0.15, 0.2) is 33.9 Å². The normalized spacial score (nSPS) is 23.7. The molecule has 0 radical (unpaired) electrons. The number of ether oxygens (including phenoxy) is 1. The molecule has 0 fully saturated rings. The predicted octanol–water partition coefficient (Wildman–Crippen LogP) is 4.32. The summed E-state index contributed by atoms with van der Waals surface area (Å²) in [7, 11) is 0. The van der Waals surface area contributed by atoms with Crippen molar-refractivity contribution in [2.75, 3.05) is 0 Å². The Kier molecular flexibility index (Phi) is 4.54. The Morgan fingerprint density at radius 2 is 1.95 bits per heavy atom. The second-order valence-electron chi connectivity index (χ2n) is 5.45. The van der Waals surface area contributed by atoms with Gasteiger partial charge in [-0.1, -0.05) is 33.2 Å². The number of benzene rings is 1. The van der Waals surface area contributed by atoms with Gasteiger partial charge in [0.2, 0.25) is 6.29 Å². The highest BCUT2D eigenvalue weighted by molar-refractivity contribution is 9.10. The molecule has 0 N–H and O–H groups in total. The Morgan fingerprint density at radius 1 is 1.32 bits per heavy atom. The maximum Gasteiger partial charge on any atom is 0.229 e. The standard InChI is InChI=1S/C14H17BrClNO2/c1-14(2,3)18-12-8-11(16)13(17-19-12)9-4-6-10(15)7-5-9/h4-7,11-12H,8H2,1-3H3/t11-,12+/m0/s1. The number of alkyl halides is 1. The van der Waals surface area contributed by atoms with Gasteiger partial charge in [-0.3, -0.25) is 0 Å². The molecule has 2 atom stereocenters. The maximum absolute atomic E-state index is 6.38. The third kappa shape index (κ3) is 4.20. The van der Waals surface area contributed by atoms with Crippen LogP contribution in [-0.2, 0) is 9.57 Å². The van der Waals surface area contributed by atoms with Crippen LogP contribution in [-0.4, -0.2) is 23.0 Å². The number of oxime groups is 1. The second kappa shape index (κ2) is 5.81. The monoisotopic (exact) mass is 345 g/mol. The van der Waals surface area contributed by atoms with Gasteiger partial charge in [0.05, 0.1) is 11.0 Å². The Morgan fingerprint density at radius 3 is 2.47 bits per heavy atom. The van der Waals surface area contributed by atoms with Crippen LogP contribution in [0.3, 0.4) is 0 Å². The summed E-state index contributed by atoms with van der Waals surface area (Å²) in [5.74, 6) is 0. The molecule has 5 heteroatoms. The van der Waals surface area contributed by atoms with E-state index in [1.807, 2.05) is 45.0 Å². The molecule has 104 valence electrons. The summed E-state index contributed by atoms with van der Waals surface area (Å²) < 4.78 is 6.75. The molecular formula is C14H17BrClNO2. The largest absolute Gasteiger partial charge is 0.363 e. The van der Waals surface area contributed by atoms with Crippen molar-refractivity contribution >= 4 is 33.2 Å². The van der Waals surface area contributed by atoms with E-state index in [2.05, 4.69) is 21.1 Å². The van der Waals surface area contributed by atoms with Crippen molar-refractivity contribution in [1.82, 2.24) is 0 Å². The lowest BCUT2D eigenvalue weighted by Crippen LogP contribution is -2.35. The SMILES string of the molecule is CC(C)(C)O[C@H]1C[C@H](Cl)C(c2ccc(Br)cc2)=NO1. The average Bonchev–Trinajstić information content (AvgIpc) is 2.29. The van der Waals surface area contributed by atoms with Crippen LogP contribution in [0.4, 0.5) is 0 Å². The van der Waals surface area contributed by atoms with Gasteiger partial charge >= 0.3 is 0 Å². The van der Waals surface area contributed by atoms with Crippen molar-refractivity contribution in [1.29, 1.82) is 0 Å². The van der Waals surface area contributed by atoms with E-state index in [4.69, 9.17) is 21.2 Å². The van der Waals surface area contributed by atoms with Gasteiger partial charge in [-0.05, 0) is 32.9 Å². The van der Waals surface area contributed by atoms with E-state index < -0.39 is 0 Å². The fourth-order valence-electron chi connectivity index (χ4n) is 1.81. The molecule has 0 aromatic heterocycles. The summed E-state index contributed by atoms with van der Waals surface area (Å²) in [4.78, 5) is 5.39. The van der Waals surface area contributed by atoms with E-state index >= 15 is 0 Å². The minimum atomic E-state index is -0.387. The number of rotatable bonds is 2. The molecule has 0 unspecified atom stereocenters. The first-order valence-corrected chi connectivity index (χ1v) is 7.39. The number of halogens is 2. The molecule has 0 bridgehead atoms. The fourth-order valence-corrected chi connectivity index (χ4v) is 2.39. The van der Waals surface area contributed by atoms with Crippen LogP contribution >= 0.6 is 27.5 Å². The zero-order valence-electron chi connectivity index (χ0n) is 11.2. The molecule has 3 nitrogen and oxygen atoms in total. The van der Waals surface area contributed by atoms with E-state index in [0.29, 0.717) is 6.42 Å². The van der Waals surface area contributed by atoms with Gasteiger partial charge in [-0.2, -0.15) is 0 Å². The van der Waals surface area contributed by atoms with Crippen molar-refractivity contribution < 1.29 is 9.57 Å². The lowest BCUT2D eigenvalue weighted by Gasteiger charge is -2.30. The molecule has 1 aliphatic rings. The van der Waals surface area contributed by atoms with Gasteiger partial charge in [0.15, 0.2) is 0 Å². The van der Waals surface area contributed by atoms with Crippen molar-refractivity contribution in [3.05, 3.63) is 34.3 Å². The molecule has 0 saturated heterocycles. The maximum atomic E-state index is 6.38. The second-order valence-corrected chi connectivity index (χ2v) is 6.89. The van der Waals surface area contributed by atoms with Gasteiger partial charge in [0.25, 0.3) is 0 Å². The highest BCUT2D eigenvalue weighted by atomic mass is 79.9. The Hall–Kier alpha value is -0.580. The van der Waals surface area contributed by atoms with Crippen LogP contribution in [0.5, 0.6) is 0 Å². The third-order valence-electron chi connectivity index (χ3n) is 2.59. The molecule has 1 aromatic rings. The van der Waals surface area contributed by atoms with Gasteiger partial charge in [0.1, 0.15) is 5.71 Å². The molecule has 0 saturated carbocycles. The molecule has 1 aromatic carbocycles. The predicted molar refractivity (Wildman–Crippen MR) is 80.6 cm³/mol. The molecular weight excluding hydrogens is 330 g/mol. The highest BCUT2D eigenvalue weighted by Crippen LogP contribution is 2.25.